The van der Waals surface area contributed by atoms with Crippen LogP contribution < -0.4 is 0 Å². The molecule has 0 saturated carbocycles. The van der Waals surface area contributed by atoms with Gasteiger partial charge in [0.25, 0.3) is 0 Å². The molecule has 1 aromatic heterocycles. The van der Waals surface area contributed by atoms with E-state index in [1.165, 1.54) is 44.6 Å². The van der Waals surface area contributed by atoms with Gasteiger partial charge in [0.1, 0.15) is 0 Å². The molecule has 3 atom stereocenters. The Hall–Kier alpha value is -0.970. The molecule has 0 amide bonds. The third-order valence-electron chi connectivity index (χ3n) is 5.41. The van der Waals surface area contributed by atoms with Gasteiger partial charge in [-0.2, -0.15) is 0 Å². The lowest BCUT2D eigenvalue weighted by molar-refractivity contribution is 0.159. The van der Waals surface area contributed by atoms with Gasteiger partial charge in [-0.05, 0) is 37.3 Å². The van der Waals surface area contributed by atoms with Crippen molar-refractivity contribution in [2.75, 3.05) is 32.8 Å². The normalized spacial score (nSPS) is 33.6. The maximum atomic E-state index is 5.53. The molecule has 0 N–H and O–H groups in total. The largest absolute Gasteiger partial charge is 0.381 e. The van der Waals surface area contributed by atoms with E-state index in [0.717, 1.165) is 37.8 Å². The van der Waals surface area contributed by atoms with Crippen molar-refractivity contribution < 1.29 is 4.74 Å². The summed E-state index contributed by atoms with van der Waals surface area (Å²) in [5, 5.41) is 0. The van der Waals surface area contributed by atoms with Crippen LogP contribution in [0.3, 0.4) is 0 Å². The second-order valence-corrected chi connectivity index (χ2v) is 6.73. The van der Waals surface area contributed by atoms with E-state index >= 15 is 0 Å². The van der Waals surface area contributed by atoms with Gasteiger partial charge in [-0.15, -0.1) is 0 Å². The van der Waals surface area contributed by atoms with Crippen LogP contribution >= 0.6 is 0 Å². The van der Waals surface area contributed by atoms with Crippen molar-refractivity contribution in [3.8, 4) is 0 Å². The minimum absolute atomic E-state index is 0.745. The third kappa shape index (κ3) is 2.85. The molecular weight excluding hydrogens is 262 g/mol. The molecule has 0 aliphatic carbocycles. The lowest BCUT2D eigenvalue weighted by Crippen LogP contribution is -2.38. The van der Waals surface area contributed by atoms with Crippen LogP contribution in [0.15, 0.2) is 24.4 Å². The second-order valence-electron chi connectivity index (χ2n) is 6.73. The number of hydrogen-bond acceptors (Lipinski definition) is 4. The Morgan fingerprint density at radius 1 is 1.10 bits per heavy atom. The fourth-order valence-corrected chi connectivity index (χ4v) is 4.35. The van der Waals surface area contributed by atoms with Crippen LogP contribution in [0.5, 0.6) is 0 Å². The van der Waals surface area contributed by atoms with Crippen LogP contribution in [0.1, 0.15) is 25.0 Å². The maximum absolute atomic E-state index is 5.53. The molecule has 0 unspecified atom stereocenters. The zero-order valence-corrected chi connectivity index (χ0v) is 12.7. The summed E-state index contributed by atoms with van der Waals surface area (Å²) in [5.41, 5.74) is 1.21. The highest BCUT2D eigenvalue weighted by Gasteiger charge is 2.42. The minimum Gasteiger partial charge on any atom is -0.381 e. The molecule has 0 spiro atoms. The Bertz CT molecular complexity index is 460. The quantitative estimate of drug-likeness (QED) is 0.844. The molecule has 0 aromatic carbocycles. The second kappa shape index (κ2) is 6.03. The van der Waals surface area contributed by atoms with Crippen molar-refractivity contribution in [3.05, 3.63) is 30.1 Å². The van der Waals surface area contributed by atoms with Crippen LogP contribution in [-0.2, 0) is 11.3 Å². The molecule has 4 nitrogen and oxygen atoms in total. The summed E-state index contributed by atoms with van der Waals surface area (Å²) in [6.45, 7) is 6.71. The smallest absolute Gasteiger partial charge is 0.0544 e. The molecule has 3 aliphatic heterocycles. The number of nitrogens with zero attached hydrogens (tertiary/aromatic N) is 3. The van der Waals surface area contributed by atoms with Gasteiger partial charge in [0, 0.05) is 51.1 Å². The van der Waals surface area contributed by atoms with E-state index in [1.54, 1.807) is 0 Å². The molecule has 0 bridgehead atoms. The minimum atomic E-state index is 0.745. The Kier molecular flexibility index (Phi) is 3.93. The summed E-state index contributed by atoms with van der Waals surface area (Å²) in [7, 11) is 0. The van der Waals surface area contributed by atoms with Crippen LogP contribution in [0.2, 0.25) is 0 Å². The third-order valence-corrected chi connectivity index (χ3v) is 5.41. The predicted molar refractivity (Wildman–Crippen MR) is 82.0 cm³/mol. The van der Waals surface area contributed by atoms with Gasteiger partial charge >= 0.3 is 0 Å². The molecular formula is C17H25N3O. The molecule has 21 heavy (non-hydrogen) atoms. The molecule has 4 heteroatoms. The fourth-order valence-electron chi connectivity index (χ4n) is 4.35. The van der Waals surface area contributed by atoms with E-state index < -0.39 is 0 Å². The summed E-state index contributed by atoms with van der Waals surface area (Å²) < 4.78 is 5.53. The molecule has 3 aliphatic rings. The SMILES string of the molecule is c1ccc(CN2CC[C@@H]3[C@@H]2CCN3C[C@H]2CCOC2)nc1. The van der Waals surface area contributed by atoms with E-state index in [4.69, 9.17) is 4.74 Å². The first-order valence-electron chi connectivity index (χ1n) is 8.36. The number of fused-ring (bicyclic) bond motifs is 1. The summed E-state index contributed by atoms with van der Waals surface area (Å²) in [4.78, 5) is 9.88. The van der Waals surface area contributed by atoms with Crippen LogP contribution in [0.25, 0.3) is 0 Å². The van der Waals surface area contributed by atoms with E-state index in [-0.39, 0.29) is 0 Å². The van der Waals surface area contributed by atoms with Gasteiger partial charge in [-0.1, -0.05) is 6.07 Å². The maximum Gasteiger partial charge on any atom is 0.0544 e. The van der Waals surface area contributed by atoms with Crippen molar-refractivity contribution >= 4 is 0 Å². The molecule has 3 fully saturated rings. The van der Waals surface area contributed by atoms with Gasteiger partial charge < -0.3 is 4.74 Å². The lowest BCUT2D eigenvalue weighted by Gasteiger charge is -2.27. The zero-order valence-electron chi connectivity index (χ0n) is 12.7. The molecule has 1 aromatic rings. The first kappa shape index (κ1) is 13.7. The summed E-state index contributed by atoms with van der Waals surface area (Å²) in [5.74, 6) is 0.772. The first-order chi connectivity index (χ1) is 10.4. The summed E-state index contributed by atoms with van der Waals surface area (Å²) in [6.07, 6.45) is 5.81. The van der Waals surface area contributed by atoms with Crippen LogP contribution in [-0.4, -0.2) is 59.7 Å². The Labute approximate surface area is 127 Å². The Morgan fingerprint density at radius 3 is 2.71 bits per heavy atom. The highest BCUT2D eigenvalue weighted by molar-refractivity contribution is 5.06. The lowest BCUT2D eigenvalue weighted by atomic mass is 10.1. The van der Waals surface area contributed by atoms with Gasteiger partial charge in [0.15, 0.2) is 0 Å². The van der Waals surface area contributed by atoms with E-state index in [0.29, 0.717) is 0 Å². The summed E-state index contributed by atoms with van der Waals surface area (Å²) in [6, 6.07) is 7.76. The van der Waals surface area contributed by atoms with Gasteiger partial charge in [-0.3, -0.25) is 14.8 Å². The van der Waals surface area contributed by atoms with Gasteiger partial charge in [0.05, 0.1) is 12.3 Å². The van der Waals surface area contributed by atoms with Crippen LogP contribution in [0, 0.1) is 5.92 Å². The highest BCUT2D eigenvalue weighted by Crippen LogP contribution is 2.33. The van der Waals surface area contributed by atoms with Crippen molar-refractivity contribution in [2.45, 2.75) is 37.9 Å². The van der Waals surface area contributed by atoms with Crippen molar-refractivity contribution in [2.24, 2.45) is 5.92 Å². The zero-order chi connectivity index (χ0) is 14.1. The number of rotatable bonds is 4. The van der Waals surface area contributed by atoms with E-state index in [2.05, 4.69) is 26.9 Å². The Balaban J connectivity index is 1.36. The average Bonchev–Trinajstić information content (AvgIpc) is 3.21. The van der Waals surface area contributed by atoms with E-state index in [9.17, 15) is 0 Å². The summed E-state index contributed by atoms with van der Waals surface area (Å²) >= 11 is 0. The number of likely N-dealkylation sites (tertiary alicyclic amines) is 2. The topological polar surface area (TPSA) is 28.6 Å². The molecule has 114 valence electrons. The number of hydrogen-bond donors (Lipinski definition) is 0. The van der Waals surface area contributed by atoms with Crippen LogP contribution in [0.4, 0.5) is 0 Å². The standard InChI is InChI=1S/C17H25N3O/c1-2-7-18-15(3-1)12-20-9-5-16-17(20)4-8-19(16)11-14-6-10-21-13-14/h1-3,7,14,16-17H,4-6,8-13H2/t14-,16-,17+/m1/s1. The van der Waals surface area contributed by atoms with Crippen molar-refractivity contribution in [1.29, 1.82) is 0 Å². The molecule has 3 saturated heterocycles. The van der Waals surface area contributed by atoms with Gasteiger partial charge in [-0.25, -0.2) is 0 Å². The predicted octanol–water partition coefficient (Wildman–Crippen LogP) is 1.77. The van der Waals surface area contributed by atoms with Crippen molar-refractivity contribution in [1.82, 2.24) is 14.8 Å². The number of pyridine rings is 1. The molecule has 0 radical (unpaired) electrons. The monoisotopic (exact) mass is 287 g/mol. The number of ether oxygens (including phenoxy) is 1. The van der Waals surface area contributed by atoms with Gasteiger partial charge in [0.2, 0.25) is 0 Å². The first-order valence-corrected chi connectivity index (χ1v) is 8.36. The average molecular weight is 287 g/mol. The van der Waals surface area contributed by atoms with E-state index in [1.807, 2.05) is 12.3 Å². The van der Waals surface area contributed by atoms with Crippen molar-refractivity contribution in [3.63, 3.8) is 0 Å². The highest BCUT2D eigenvalue weighted by atomic mass is 16.5. The fraction of sp³-hybridized carbons (Fsp3) is 0.706. The molecule has 4 rings (SSSR count). The Morgan fingerprint density at radius 2 is 1.95 bits per heavy atom. The number of aromatic nitrogens is 1. The molecule has 4 heterocycles.